The van der Waals surface area contributed by atoms with Crippen LogP contribution in [0.2, 0.25) is 0 Å². The second-order valence-corrected chi connectivity index (χ2v) is 4.68. The van der Waals surface area contributed by atoms with Crippen LogP contribution in [-0.4, -0.2) is 20.0 Å². The van der Waals surface area contributed by atoms with Gasteiger partial charge in [-0.1, -0.05) is 42.0 Å². The smallest absolute Gasteiger partial charge is 0.185 e. The molecule has 3 heteroatoms. The van der Waals surface area contributed by atoms with Crippen molar-refractivity contribution < 1.29 is 14.3 Å². The van der Waals surface area contributed by atoms with Gasteiger partial charge in [0, 0.05) is 5.56 Å². The van der Waals surface area contributed by atoms with Crippen LogP contribution >= 0.6 is 0 Å². The summed E-state index contributed by atoms with van der Waals surface area (Å²) in [4.78, 5) is 12.1. The molecular formula is C18H18O3. The van der Waals surface area contributed by atoms with Crippen LogP contribution in [0.25, 0.3) is 6.08 Å². The van der Waals surface area contributed by atoms with Gasteiger partial charge in [0.1, 0.15) is 0 Å². The van der Waals surface area contributed by atoms with E-state index in [0.29, 0.717) is 17.1 Å². The molecule has 0 bridgehead atoms. The molecule has 0 unspecified atom stereocenters. The molecule has 0 atom stereocenters. The van der Waals surface area contributed by atoms with Gasteiger partial charge < -0.3 is 9.47 Å². The normalized spacial score (nSPS) is 10.6. The Morgan fingerprint density at radius 2 is 1.62 bits per heavy atom. The molecule has 0 spiro atoms. The number of ketones is 1. The lowest BCUT2D eigenvalue weighted by Crippen LogP contribution is -1.94. The number of hydrogen-bond donors (Lipinski definition) is 0. The van der Waals surface area contributed by atoms with E-state index in [-0.39, 0.29) is 5.78 Å². The fourth-order valence-corrected chi connectivity index (χ4v) is 1.94. The standard InChI is InChI=1S/C18H18O3/c1-13-4-8-15(9-5-13)16(19)10-6-14-7-11-17(20-2)18(12-14)21-3/h4-12H,1-3H3/b10-6+. The van der Waals surface area contributed by atoms with E-state index >= 15 is 0 Å². The zero-order valence-corrected chi connectivity index (χ0v) is 12.4. The van der Waals surface area contributed by atoms with E-state index in [1.165, 1.54) is 0 Å². The van der Waals surface area contributed by atoms with Gasteiger partial charge in [-0.25, -0.2) is 0 Å². The van der Waals surface area contributed by atoms with Gasteiger partial charge in [0.05, 0.1) is 14.2 Å². The molecular weight excluding hydrogens is 264 g/mol. The van der Waals surface area contributed by atoms with Gasteiger partial charge in [-0.15, -0.1) is 0 Å². The van der Waals surface area contributed by atoms with Crippen molar-refractivity contribution in [1.82, 2.24) is 0 Å². The lowest BCUT2D eigenvalue weighted by atomic mass is 10.1. The van der Waals surface area contributed by atoms with Crippen LogP contribution in [0.4, 0.5) is 0 Å². The Morgan fingerprint density at radius 1 is 0.952 bits per heavy atom. The van der Waals surface area contributed by atoms with Crippen molar-refractivity contribution in [3.05, 3.63) is 65.2 Å². The minimum Gasteiger partial charge on any atom is -0.493 e. The van der Waals surface area contributed by atoms with Crippen molar-refractivity contribution in [2.24, 2.45) is 0 Å². The van der Waals surface area contributed by atoms with E-state index in [4.69, 9.17) is 9.47 Å². The summed E-state index contributed by atoms with van der Waals surface area (Å²) >= 11 is 0. The van der Waals surface area contributed by atoms with Gasteiger partial charge in [-0.3, -0.25) is 4.79 Å². The highest BCUT2D eigenvalue weighted by Gasteiger charge is 2.04. The van der Waals surface area contributed by atoms with Crippen molar-refractivity contribution in [3.63, 3.8) is 0 Å². The highest BCUT2D eigenvalue weighted by Crippen LogP contribution is 2.28. The molecule has 0 aromatic heterocycles. The van der Waals surface area contributed by atoms with Crippen molar-refractivity contribution in [2.45, 2.75) is 6.92 Å². The number of carbonyl (C=O) groups excluding carboxylic acids is 1. The van der Waals surface area contributed by atoms with Crippen LogP contribution in [0.5, 0.6) is 11.5 Å². The summed E-state index contributed by atoms with van der Waals surface area (Å²) in [5.74, 6) is 1.28. The monoisotopic (exact) mass is 282 g/mol. The summed E-state index contributed by atoms with van der Waals surface area (Å²) < 4.78 is 10.4. The van der Waals surface area contributed by atoms with Gasteiger partial charge in [0.2, 0.25) is 0 Å². The summed E-state index contributed by atoms with van der Waals surface area (Å²) in [5, 5.41) is 0. The minimum absolute atomic E-state index is 0.0233. The third kappa shape index (κ3) is 3.72. The summed E-state index contributed by atoms with van der Waals surface area (Å²) in [6.45, 7) is 1.99. The molecule has 0 fully saturated rings. The number of ether oxygens (including phenoxy) is 2. The van der Waals surface area contributed by atoms with E-state index in [0.717, 1.165) is 11.1 Å². The maximum atomic E-state index is 12.1. The van der Waals surface area contributed by atoms with E-state index in [1.807, 2.05) is 49.4 Å². The first-order valence-corrected chi connectivity index (χ1v) is 6.65. The first-order chi connectivity index (χ1) is 10.1. The van der Waals surface area contributed by atoms with Gasteiger partial charge in [-0.05, 0) is 30.7 Å². The number of methoxy groups -OCH3 is 2. The number of benzene rings is 2. The predicted octanol–water partition coefficient (Wildman–Crippen LogP) is 3.91. The van der Waals surface area contributed by atoms with Crippen molar-refractivity contribution in [3.8, 4) is 11.5 Å². The van der Waals surface area contributed by atoms with E-state index in [9.17, 15) is 4.79 Å². The Kier molecular flexibility index (Phi) is 4.77. The summed E-state index contributed by atoms with van der Waals surface area (Å²) in [6.07, 6.45) is 3.33. The molecule has 0 saturated carbocycles. The molecule has 0 radical (unpaired) electrons. The zero-order valence-electron chi connectivity index (χ0n) is 12.4. The molecule has 0 saturated heterocycles. The Morgan fingerprint density at radius 3 is 2.24 bits per heavy atom. The predicted molar refractivity (Wildman–Crippen MR) is 84.1 cm³/mol. The molecule has 21 heavy (non-hydrogen) atoms. The Balaban J connectivity index is 2.17. The molecule has 2 aromatic carbocycles. The molecule has 0 aliphatic heterocycles. The van der Waals surface area contributed by atoms with Gasteiger partial charge >= 0.3 is 0 Å². The van der Waals surface area contributed by atoms with E-state index in [2.05, 4.69) is 0 Å². The number of carbonyl (C=O) groups is 1. The summed E-state index contributed by atoms with van der Waals surface area (Å²) in [6, 6.07) is 13.0. The first kappa shape index (κ1) is 14.9. The van der Waals surface area contributed by atoms with E-state index < -0.39 is 0 Å². The molecule has 2 aromatic rings. The molecule has 0 heterocycles. The minimum atomic E-state index is -0.0233. The fourth-order valence-electron chi connectivity index (χ4n) is 1.94. The van der Waals surface area contributed by atoms with Crippen LogP contribution in [-0.2, 0) is 0 Å². The average Bonchev–Trinajstić information content (AvgIpc) is 2.52. The van der Waals surface area contributed by atoms with Crippen LogP contribution in [0, 0.1) is 6.92 Å². The average molecular weight is 282 g/mol. The molecule has 0 N–H and O–H groups in total. The second-order valence-electron chi connectivity index (χ2n) is 4.68. The highest BCUT2D eigenvalue weighted by molar-refractivity contribution is 6.06. The van der Waals surface area contributed by atoms with E-state index in [1.54, 1.807) is 26.4 Å². The topological polar surface area (TPSA) is 35.5 Å². The summed E-state index contributed by atoms with van der Waals surface area (Å²) in [5.41, 5.74) is 2.70. The Labute approximate surface area is 124 Å². The summed E-state index contributed by atoms with van der Waals surface area (Å²) in [7, 11) is 3.18. The lowest BCUT2D eigenvalue weighted by Gasteiger charge is -2.07. The fraction of sp³-hybridized carbons (Fsp3) is 0.167. The Hall–Kier alpha value is -2.55. The first-order valence-electron chi connectivity index (χ1n) is 6.65. The van der Waals surface area contributed by atoms with Gasteiger partial charge in [-0.2, -0.15) is 0 Å². The Bertz CT molecular complexity index is 655. The van der Waals surface area contributed by atoms with Crippen LogP contribution in [0.15, 0.2) is 48.5 Å². The number of rotatable bonds is 5. The zero-order chi connectivity index (χ0) is 15.2. The van der Waals surface area contributed by atoms with Crippen molar-refractivity contribution >= 4 is 11.9 Å². The molecule has 3 nitrogen and oxygen atoms in total. The molecule has 0 amide bonds. The van der Waals surface area contributed by atoms with Crippen LogP contribution in [0.1, 0.15) is 21.5 Å². The quantitative estimate of drug-likeness (QED) is 0.616. The highest BCUT2D eigenvalue weighted by atomic mass is 16.5. The molecule has 0 aliphatic carbocycles. The van der Waals surface area contributed by atoms with Crippen LogP contribution in [0.3, 0.4) is 0 Å². The third-order valence-electron chi connectivity index (χ3n) is 3.17. The molecule has 2 rings (SSSR count). The number of hydrogen-bond acceptors (Lipinski definition) is 3. The van der Waals surface area contributed by atoms with Gasteiger partial charge in [0.15, 0.2) is 17.3 Å². The lowest BCUT2D eigenvalue weighted by molar-refractivity contribution is 0.104. The maximum absolute atomic E-state index is 12.1. The van der Waals surface area contributed by atoms with Crippen molar-refractivity contribution in [1.29, 1.82) is 0 Å². The van der Waals surface area contributed by atoms with Gasteiger partial charge in [0.25, 0.3) is 0 Å². The molecule has 0 aliphatic rings. The van der Waals surface area contributed by atoms with Crippen molar-refractivity contribution in [2.75, 3.05) is 14.2 Å². The largest absolute Gasteiger partial charge is 0.493 e. The van der Waals surface area contributed by atoms with Crippen LogP contribution < -0.4 is 9.47 Å². The number of allylic oxidation sites excluding steroid dienone is 1. The molecule has 108 valence electrons. The third-order valence-corrected chi connectivity index (χ3v) is 3.17. The second kappa shape index (κ2) is 6.75. The SMILES string of the molecule is COc1ccc(/C=C/C(=O)c2ccc(C)cc2)cc1OC. The number of aryl methyl sites for hydroxylation is 1. The maximum Gasteiger partial charge on any atom is 0.185 e.